The highest BCUT2D eigenvalue weighted by molar-refractivity contribution is 7.89. The SMILES string of the molecule is CN(C)S(=O)(=O)c1cccc(C(=O)Nc2ccccc2N2CCc3ccccc32)c1. The van der Waals surface area contributed by atoms with Gasteiger partial charge in [0.1, 0.15) is 0 Å². The fraction of sp³-hybridized carbons (Fsp3) is 0.174. The Balaban J connectivity index is 1.63. The molecule has 0 saturated carbocycles. The van der Waals surface area contributed by atoms with E-state index in [0.29, 0.717) is 5.69 Å². The van der Waals surface area contributed by atoms with Crippen LogP contribution in [0.15, 0.2) is 77.7 Å². The molecule has 0 radical (unpaired) electrons. The van der Waals surface area contributed by atoms with Crippen LogP contribution in [0.25, 0.3) is 0 Å². The van der Waals surface area contributed by atoms with Gasteiger partial charge in [-0.25, -0.2) is 12.7 Å². The fourth-order valence-electron chi connectivity index (χ4n) is 3.61. The summed E-state index contributed by atoms with van der Waals surface area (Å²) in [6, 6.07) is 22.0. The number of carbonyl (C=O) groups is 1. The largest absolute Gasteiger partial charge is 0.339 e. The molecule has 0 bridgehead atoms. The van der Waals surface area contributed by atoms with Crippen molar-refractivity contribution in [3.63, 3.8) is 0 Å². The monoisotopic (exact) mass is 421 g/mol. The smallest absolute Gasteiger partial charge is 0.255 e. The molecule has 1 aliphatic heterocycles. The molecule has 3 aromatic carbocycles. The molecule has 0 atom stereocenters. The number of rotatable bonds is 5. The molecule has 3 aromatic rings. The molecule has 0 aromatic heterocycles. The third-order valence-corrected chi connectivity index (χ3v) is 7.02. The number of anilines is 3. The maximum absolute atomic E-state index is 12.9. The second-order valence-electron chi connectivity index (χ2n) is 7.32. The van der Waals surface area contributed by atoms with E-state index in [-0.39, 0.29) is 16.4 Å². The van der Waals surface area contributed by atoms with Crippen molar-refractivity contribution >= 4 is 33.0 Å². The Hall–Kier alpha value is -3.16. The molecule has 1 N–H and O–H groups in total. The summed E-state index contributed by atoms with van der Waals surface area (Å²) < 4.78 is 25.9. The van der Waals surface area contributed by atoms with E-state index in [1.54, 1.807) is 12.1 Å². The summed E-state index contributed by atoms with van der Waals surface area (Å²) in [6.45, 7) is 0.836. The topological polar surface area (TPSA) is 69.7 Å². The summed E-state index contributed by atoms with van der Waals surface area (Å²) in [5, 5.41) is 2.95. The maximum atomic E-state index is 12.9. The van der Waals surface area contributed by atoms with E-state index in [2.05, 4.69) is 22.3 Å². The fourth-order valence-corrected chi connectivity index (χ4v) is 4.55. The Bertz CT molecular complexity index is 1210. The highest BCUT2D eigenvalue weighted by atomic mass is 32.2. The van der Waals surface area contributed by atoms with Gasteiger partial charge in [0.2, 0.25) is 10.0 Å². The van der Waals surface area contributed by atoms with E-state index in [1.165, 1.54) is 31.8 Å². The van der Waals surface area contributed by atoms with Gasteiger partial charge in [-0.15, -0.1) is 0 Å². The van der Waals surface area contributed by atoms with Crippen LogP contribution in [0.5, 0.6) is 0 Å². The van der Waals surface area contributed by atoms with Gasteiger partial charge in [0.15, 0.2) is 0 Å². The second kappa shape index (κ2) is 7.93. The molecule has 0 spiro atoms. The van der Waals surface area contributed by atoms with Gasteiger partial charge in [-0.2, -0.15) is 0 Å². The predicted octanol–water partition coefficient (Wildman–Crippen LogP) is 3.88. The van der Waals surface area contributed by atoms with Crippen LogP contribution in [0.4, 0.5) is 17.1 Å². The highest BCUT2D eigenvalue weighted by Gasteiger charge is 2.23. The third-order valence-electron chi connectivity index (χ3n) is 5.21. The molecule has 0 fully saturated rings. The number of benzene rings is 3. The van der Waals surface area contributed by atoms with Crippen molar-refractivity contribution in [3.8, 4) is 0 Å². The molecule has 0 aliphatic carbocycles. The summed E-state index contributed by atoms with van der Waals surface area (Å²) in [6.07, 6.45) is 0.947. The zero-order valence-corrected chi connectivity index (χ0v) is 17.7. The van der Waals surface area contributed by atoms with Crippen LogP contribution >= 0.6 is 0 Å². The number of fused-ring (bicyclic) bond motifs is 1. The number of sulfonamides is 1. The lowest BCUT2D eigenvalue weighted by Crippen LogP contribution is -2.23. The van der Waals surface area contributed by atoms with Gasteiger partial charge in [-0.05, 0) is 48.4 Å². The van der Waals surface area contributed by atoms with Crippen LogP contribution < -0.4 is 10.2 Å². The van der Waals surface area contributed by atoms with Crippen molar-refractivity contribution in [2.75, 3.05) is 30.9 Å². The average molecular weight is 422 g/mol. The highest BCUT2D eigenvalue weighted by Crippen LogP contribution is 2.38. The van der Waals surface area contributed by atoms with E-state index >= 15 is 0 Å². The molecule has 7 heteroatoms. The predicted molar refractivity (Wildman–Crippen MR) is 119 cm³/mol. The first-order chi connectivity index (χ1) is 14.4. The molecule has 0 saturated heterocycles. The number of hydrogen-bond acceptors (Lipinski definition) is 4. The van der Waals surface area contributed by atoms with Crippen molar-refractivity contribution in [1.29, 1.82) is 0 Å². The van der Waals surface area contributed by atoms with Crippen molar-refractivity contribution < 1.29 is 13.2 Å². The second-order valence-corrected chi connectivity index (χ2v) is 9.47. The minimum atomic E-state index is -3.62. The number of nitrogens with one attached hydrogen (secondary N) is 1. The average Bonchev–Trinajstić information content (AvgIpc) is 3.18. The lowest BCUT2D eigenvalue weighted by molar-refractivity contribution is 0.102. The van der Waals surface area contributed by atoms with E-state index in [4.69, 9.17) is 0 Å². The van der Waals surface area contributed by atoms with Crippen LogP contribution in [-0.2, 0) is 16.4 Å². The zero-order valence-electron chi connectivity index (χ0n) is 16.9. The summed E-state index contributed by atoms with van der Waals surface area (Å²) in [5.74, 6) is -0.356. The summed E-state index contributed by atoms with van der Waals surface area (Å²) >= 11 is 0. The summed E-state index contributed by atoms with van der Waals surface area (Å²) in [5.41, 5.74) is 4.29. The van der Waals surface area contributed by atoms with Gasteiger partial charge >= 0.3 is 0 Å². The first kappa shape index (κ1) is 20.1. The molecule has 0 unspecified atom stereocenters. The van der Waals surface area contributed by atoms with Crippen LogP contribution in [0.2, 0.25) is 0 Å². The molecule has 1 amide bonds. The van der Waals surface area contributed by atoms with Crippen molar-refractivity contribution in [2.24, 2.45) is 0 Å². The standard InChI is InChI=1S/C23H23N3O3S/c1-25(2)30(28,29)19-10-7-9-18(16-19)23(27)24-20-11-4-6-13-22(20)26-15-14-17-8-3-5-12-21(17)26/h3-13,16H,14-15H2,1-2H3,(H,24,27). The van der Waals surface area contributed by atoms with Gasteiger partial charge in [0, 0.05) is 31.9 Å². The number of amides is 1. The van der Waals surface area contributed by atoms with Gasteiger partial charge in [0.05, 0.1) is 16.3 Å². The van der Waals surface area contributed by atoms with Gasteiger partial charge in [0.25, 0.3) is 5.91 Å². The van der Waals surface area contributed by atoms with Crippen molar-refractivity contribution in [2.45, 2.75) is 11.3 Å². The van der Waals surface area contributed by atoms with Crippen LogP contribution in [-0.4, -0.2) is 39.3 Å². The zero-order chi connectivity index (χ0) is 21.3. The molecule has 154 valence electrons. The van der Waals surface area contributed by atoms with Gasteiger partial charge in [-0.3, -0.25) is 4.79 Å². The summed E-state index contributed by atoms with van der Waals surface area (Å²) in [4.78, 5) is 15.2. The number of nitrogens with zero attached hydrogens (tertiary/aromatic N) is 2. The van der Waals surface area contributed by atoms with Crippen LogP contribution in [0.1, 0.15) is 15.9 Å². The molecular weight excluding hydrogens is 398 g/mol. The third kappa shape index (κ3) is 3.69. The quantitative estimate of drug-likeness (QED) is 0.679. The molecule has 4 rings (SSSR count). The Kier molecular flexibility index (Phi) is 5.32. The number of hydrogen-bond donors (Lipinski definition) is 1. The number of carbonyl (C=O) groups excluding carboxylic acids is 1. The van der Waals surface area contributed by atoms with E-state index in [1.807, 2.05) is 36.4 Å². The van der Waals surface area contributed by atoms with Crippen LogP contribution in [0, 0.1) is 0 Å². The van der Waals surface area contributed by atoms with Crippen molar-refractivity contribution in [3.05, 3.63) is 83.9 Å². The minimum Gasteiger partial charge on any atom is -0.339 e. The first-order valence-electron chi connectivity index (χ1n) is 9.66. The lowest BCUT2D eigenvalue weighted by atomic mass is 10.1. The normalized spacial score (nSPS) is 13.4. The molecule has 1 heterocycles. The van der Waals surface area contributed by atoms with E-state index < -0.39 is 10.0 Å². The molecular formula is C23H23N3O3S. The first-order valence-corrected chi connectivity index (χ1v) is 11.1. The minimum absolute atomic E-state index is 0.0851. The van der Waals surface area contributed by atoms with Crippen molar-refractivity contribution in [1.82, 2.24) is 4.31 Å². The Labute approximate surface area is 176 Å². The van der Waals surface area contributed by atoms with Gasteiger partial charge < -0.3 is 10.2 Å². The Morgan fingerprint density at radius 2 is 1.63 bits per heavy atom. The molecule has 6 nitrogen and oxygen atoms in total. The lowest BCUT2D eigenvalue weighted by Gasteiger charge is -2.23. The molecule has 1 aliphatic rings. The summed E-state index contributed by atoms with van der Waals surface area (Å²) in [7, 11) is -0.686. The molecule has 30 heavy (non-hydrogen) atoms. The maximum Gasteiger partial charge on any atom is 0.255 e. The Morgan fingerprint density at radius 3 is 2.40 bits per heavy atom. The van der Waals surface area contributed by atoms with Gasteiger partial charge in [-0.1, -0.05) is 36.4 Å². The van der Waals surface area contributed by atoms with Crippen LogP contribution in [0.3, 0.4) is 0 Å². The number of para-hydroxylation sites is 3. The Morgan fingerprint density at radius 1 is 0.933 bits per heavy atom. The van der Waals surface area contributed by atoms with E-state index in [9.17, 15) is 13.2 Å². The van der Waals surface area contributed by atoms with E-state index in [0.717, 1.165) is 28.6 Å².